The first-order valence-corrected chi connectivity index (χ1v) is 7.44. The molecule has 3 rings (SSSR count). The second kappa shape index (κ2) is 5.20. The molecule has 2 heterocycles. The highest BCUT2D eigenvalue weighted by Gasteiger charge is 2.43. The number of amides is 1. The Labute approximate surface area is 125 Å². The van der Waals surface area contributed by atoms with Crippen LogP contribution in [-0.4, -0.2) is 28.3 Å². The van der Waals surface area contributed by atoms with E-state index in [9.17, 15) is 18.0 Å². The molecule has 1 aromatic carbocycles. The number of benzene rings is 1. The van der Waals surface area contributed by atoms with E-state index < -0.39 is 11.7 Å². The van der Waals surface area contributed by atoms with Gasteiger partial charge >= 0.3 is 6.18 Å². The lowest BCUT2D eigenvalue weighted by molar-refractivity contribution is -0.137. The second-order valence-corrected chi connectivity index (χ2v) is 6.36. The SMILES string of the molecule is O=C(c1ccc(C(F)(F)F)cc1)N1C2CCC1CC(Cl)C2. The molecular weight excluding hydrogens is 303 g/mol. The predicted octanol–water partition coefficient (Wildman–Crippen LogP) is 4.08. The molecule has 0 spiro atoms. The molecule has 0 aromatic heterocycles. The fourth-order valence-corrected chi connectivity index (χ4v) is 3.80. The summed E-state index contributed by atoms with van der Waals surface area (Å²) in [6, 6.07) is 4.70. The lowest BCUT2D eigenvalue weighted by Crippen LogP contribution is -2.46. The second-order valence-electron chi connectivity index (χ2n) is 5.74. The van der Waals surface area contributed by atoms with Crippen LogP contribution in [0, 0.1) is 0 Å². The molecule has 2 bridgehead atoms. The van der Waals surface area contributed by atoms with Crippen molar-refractivity contribution < 1.29 is 18.0 Å². The highest BCUT2D eigenvalue weighted by molar-refractivity contribution is 6.20. The molecule has 1 aromatic rings. The Morgan fingerprint density at radius 2 is 1.62 bits per heavy atom. The molecule has 0 aliphatic carbocycles. The van der Waals surface area contributed by atoms with Gasteiger partial charge in [-0.2, -0.15) is 13.2 Å². The van der Waals surface area contributed by atoms with E-state index in [1.807, 2.05) is 4.90 Å². The zero-order valence-corrected chi connectivity index (χ0v) is 12.0. The van der Waals surface area contributed by atoms with Crippen molar-refractivity contribution in [2.24, 2.45) is 0 Å². The van der Waals surface area contributed by atoms with E-state index in [0.717, 1.165) is 37.8 Å². The van der Waals surface area contributed by atoms with Gasteiger partial charge in [0.1, 0.15) is 0 Å². The van der Waals surface area contributed by atoms with Gasteiger partial charge in [0.25, 0.3) is 5.91 Å². The van der Waals surface area contributed by atoms with Crippen molar-refractivity contribution in [3.63, 3.8) is 0 Å². The average molecular weight is 318 g/mol. The number of hydrogen-bond donors (Lipinski definition) is 0. The van der Waals surface area contributed by atoms with Gasteiger partial charge in [-0.3, -0.25) is 4.79 Å². The van der Waals surface area contributed by atoms with E-state index in [-0.39, 0.29) is 23.4 Å². The summed E-state index contributed by atoms with van der Waals surface area (Å²) in [4.78, 5) is 14.4. The van der Waals surface area contributed by atoms with Crippen LogP contribution in [0.15, 0.2) is 24.3 Å². The summed E-state index contributed by atoms with van der Waals surface area (Å²) < 4.78 is 37.6. The van der Waals surface area contributed by atoms with Gasteiger partial charge in [0.15, 0.2) is 0 Å². The minimum absolute atomic E-state index is 0.0964. The molecule has 2 aliphatic heterocycles. The van der Waals surface area contributed by atoms with E-state index in [1.54, 1.807) is 0 Å². The fraction of sp³-hybridized carbons (Fsp3) is 0.533. The average Bonchev–Trinajstić information content (AvgIpc) is 2.69. The summed E-state index contributed by atoms with van der Waals surface area (Å²) >= 11 is 6.17. The Morgan fingerprint density at radius 3 is 2.10 bits per heavy atom. The highest BCUT2D eigenvalue weighted by Crippen LogP contribution is 2.39. The van der Waals surface area contributed by atoms with Gasteiger partial charge in [-0.25, -0.2) is 0 Å². The summed E-state index contributed by atoms with van der Waals surface area (Å²) in [5.41, 5.74) is -0.422. The van der Waals surface area contributed by atoms with Gasteiger partial charge in [-0.05, 0) is 49.9 Å². The lowest BCUT2D eigenvalue weighted by atomic mass is 10.0. The summed E-state index contributed by atoms with van der Waals surface area (Å²) in [6.45, 7) is 0. The largest absolute Gasteiger partial charge is 0.416 e. The summed E-state index contributed by atoms with van der Waals surface area (Å²) in [5, 5.41) is 0.0964. The maximum absolute atomic E-state index is 12.5. The van der Waals surface area contributed by atoms with Gasteiger partial charge in [-0.15, -0.1) is 11.6 Å². The summed E-state index contributed by atoms with van der Waals surface area (Å²) in [7, 11) is 0. The van der Waals surface area contributed by atoms with Crippen molar-refractivity contribution in [1.29, 1.82) is 0 Å². The van der Waals surface area contributed by atoms with Crippen molar-refractivity contribution in [3.05, 3.63) is 35.4 Å². The molecule has 2 aliphatic rings. The first-order chi connectivity index (χ1) is 9.86. The Kier molecular flexibility index (Phi) is 3.64. The Morgan fingerprint density at radius 1 is 1.10 bits per heavy atom. The van der Waals surface area contributed by atoms with Gasteiger partial charge in [0.05, 0.1) is 5.56 Å². The van der Waals surface area contributed by atoms with Crippen LogP contribution >= 0.6 is 11.6 Å². The summed E-state index contributed by atoms with van der Waals surface area (Å²) in [5.74, 6) is -0.181. The number of carbonyl (C=O) groups excluding carboxylic acids is 1. The van der Waals surface area contributed by atoms with Gasteiger partial charge in [0, 0.05) is 23.0 Å². The molecule has 2 nitrogen and oxygen atoms in total. The van der Waals surface area contributed by atoms with Gasteiger partial charge in [0.2, 0.25) is 0 Å². The van der Waals surface area contributed by atoms with E-state index in [0.29, 0.717) is 5.56 Å². The van der Waals surface area contributed by atoms with Crippen LogP contribution in [0.2, 0.25) is 0 Å². The smallest absolute Gasteiger partial charge is 0.333 e. The molecule has 0 saturated carbocycles. The van der Waals surface area contributed by atoms with Crippen molar-refractivity contribution in [2.45, 2.75) is 49.3 Å². The fourth-order valence-electron chi connectivity index (χ4n) is 3.39. The number of hydrogen-bond acceptors (Lipinski definition) is 1. The third-order valence-electron chi connectivity index (χ3n) is 4.37. The summed E-state index contributed by atoms with van der Waals surface area (Å²) in [6.07, 6.45) is -0.979. The minimum Gasteiger partial charge on any atom is -0.333 e. The zero-order valence-electron chi connectivity index (χ0n) is 11.2. The van der Waals surface area contributed by atoms with E-state index >= 15 is 0 Å². The molecule has 21 heavy (non-hydrogen) atoms. The molecule has 0 N–H and O–H groups in total. The Bertz CT molecular complexity index is 529. The van der Waals surface area contributed by atoms with Crippen LogP contribution in [0.4, 0.5) is 13.2 Å². The van der Waals surface area contributed by atoms with E-state index in [4.69, 9.17) is 11.6 Å². The normalized spacial score (nSPS) is 28.8. The van der Waals surface area contributed by atoms with Crippen LogP contribution in [-0.2, 0) is 6.18 Å². The van der Waals surface area contributed by atoms with Crippen LogP contribution in [0.3, 0.4) is 0 Å². The van der Waals surface area contributed by atoms with Crippen molar-refractivity contribution in [1.82, 2.24) is 4.90 Å². The maximum atomic E-state index is 12.5. The van der Waals surface area contributed by atoms with E-state index in [2.05, 4.69) is 0 Å². The monoisotopic (exact) mass is 317 g/mol. The molecule has 2 saturated heterocycles. The first-order valence-electron chi connectivity index (χ1n) is 7.00. The number of piperidine rings is 1. The molecule has 1 amide bonds. The topological polar surface area (TPSA) is 20.3 Å². The third-order valence-corrected chi connectivity index (χ3v) is 4.73. The lowest BCUT2D eigenvalue weighted by Gasteiger charge is -2.37. The van der Waals surface area contributed by atoms with E-state index in [1.165, 1.54) is 12.1 Å². The number of alkyl halides is 4. The van der Waals surface area contributed by atoms with Crippen LogP contribution in [0.1, 0.15) is 41.6 Å². The van der Waals surface area contributed by atoms with Crippen molar-refractivity contribution in [3.8, 4) is 0 Å². The predicted molar refractivity (Wildman–Crippen MR) is 73.3 cm³/mol. The number of nitrogens with zero attached hydrogens (tertiary/aromatic N) is 1. The minimum atomic E-state index is -4.38. The number of carbonyl (C=O) groups is 1. The molecular formula is C15H15ClF3NO. The molecule has 114 valence electrons. The van der Waals surface area contributed by atoms with Crippen LogP contribution in [0.5, 0.6) is 0 Å². The van der Waals surface area contributed by atoms with Crippen LogP contribution in [0.25, 0.3) is 0 Å². The van der Waals surface area contributed by atoms with Crippen molar-refractivity contribution >= 4 is 17.5 Å². The van der Waals surface area contributed by atoms with Crippen molar-refractivity contribution in [2.75, 3.05) is 0 Å². The number of fused-ring (bicyclic) bond motifs is 2. The standard InChI is InChI=1S/C15H15ClF3NO/c16-11-7-12-5-6-13(8-11)20(12)14(21)9-1-3-10(4-2-9)15(17,18)19/h1-4,11-13H,5-8H2. The molecule has 6 heteroatoms. The molecule has 0 radical (unpaired) electrons. The molecule has 2 unspecified atom stereocenters. The highest BCUT2D eigenvalue weighted by atomic mass is 35.5. The van der Waals surface area contributed by atoms with Crippen LogP contribution < -0.4 is 0 Å². The van der Waals surface area contributed by atoms with Gasteiger partial charge in [-0.1, -0.05) is 0 Å². The number of rotatable bonds is 1. The first kappa shape index (κ1) is 14.7. The Hall–Kier alpha value is -1.23. The zero-order chi connectivity index (χ0) is 15.2. The quantitative estimate of drug-likeness (QED) is 0.715. The number of halogens is 4. The van der Waals surface area contributed by atoms with Gasteiger partial charge < -0.3 is 4.90 Å². The third kappa shape index (κ3) is 2.76. The maximum Gasteiger partial charge on any atom is 0.416 e. The molecule has 2 fully saturated rings. The molecule has 2 atom stereocenters. The Balaban J connectivity index is 1.80.